The van der Waals surface area contributed by atoms with E-state index in [0.29, 0.717) is 11.0 Å². The van der Waals surface area contributed by atoms with E-state index in [1.165, 1.54) is 4.57 Å². The molecule has 0 aliphatic rings. The van der Waals surface area contributed by atoms with Gasteiger partial charge in [0, 0.05) is 12.8 Å². The Kier molecular flexibility index (Phi) is 4.23. The summed E-state index contributed by atoms with van der Waals surface area (Å²) in [7, 11) is -3.55. The quantitative estimate of drug-likeness (QED) is 0.808. The van der Waals surface area contributed by atoms with Gasteiger partial charge in [0.25, 0.3) is 0 Å². The SMILES string of the molecule is CS(=O)(=O)c1nc2ccccc2n1CC(=O)NCCC#N. The zero-order chi connectivity index (χ0) is 15.5. The molecule has 0 spiro atoms. The van der Waals surface area contributed by atoms with Gasteiger partial charge < -0.3 is 9.88 Å². The molecule has 0 bridgehead atoms. The van der Waals surface area contributed by atoms with Gasteiger partial charge in [-0.3, -0.25) is 4.79 Å². The number of para-hydroxylation sites is 2. The lowest BCUT2D eigenvalue weighted by molar-refractivity contribution is -0.121. The van der Waals surface area contributed by atoms with Gasteiger partial charge in [-0.15, -0.1) is 0 Å². The molecular formula is C13H14N4O3S. The minimum Gasteiger partial charge on any atom is -0.354 e. The first-order chi connectivity index (χ1) is 9.93. The van der Waals surface area contributed by atoms with E-state index >= 15 is 0 Å². The zero-order valence-electron chi connectivity index (χ0n) is 11.4. The molecule has 0 unspecified atom stereocenters. The minimum atomic E-state index is -3.55. The average molecular weight is 306 g/mol. The number of benzene rings is 1. The maximum atomic E-state index is 11.8. The Labute approximate surface area is 122 Å². The number of amides is 1. The van der Waals surface area contributed by atoms with E-state index in [2.05, 4.69) is 10.3 Å². The Hall–Kier alpha value is -2.40. The third-order valence-corrected chi connectivity index (χ3v) is 3.79. The summed E-state index contributed by atoms with van der Waals surface area (Å²) in [6.45, 7) is 0.0739. The lowest BCUT2D eigenvalue weighted by Crippen LogP contribution is -2.29. The van der Waals surface area contributed by atoms with Crippen molar-refractivity contribution in [2.45, 2.75) is 18.1 Å². The smallest absolute Gasteiger partial charge is 0.240 e. The van der Waals surface area contributed by atoms with Crippen LogP contribution in [0.25, 0.3) is 11.0 Å². The number of nitriles is 1. The third-order valence-electron chi connectivity index (χ3n) is 2.81. The molecule has 1 N–H and O–H groups in total. The zero-order valence-corrected chi connectivity index (χ0v) is 12.2. The molecule has 0 saturated heterocycles. The normalized spacial score (nSPS) is 11.2. The summed E-state index contributed by atoms with van der Waals surface area (Å²) < 4.78 is 25.0. The van der Waals surface area contributed by atoms with E-state index in [-0.39, 0.29) is 30.6 Å². The van der Waals surface area contributed by atoms with Crippen molar-refractivity contribution < 1.29 is 13.2 Å². The van der Waals surface area contributed by atoms with Crippen LogP contribution in [0.3, 0.4) is 0 Å². The number of carbonyl (C=O) groups is 1. The van der Waals surface area contributed by atoms with Crippen molar-refractivity contribution in [2.24, 2.45) is 0 Å². The second-order valence-electron chi connectivity index (χ2n) is 4.50. The van der Waals surface area contributed by atoms with Gasteiger partial charge in [-0.1, -0.05) is 12.1 Å². The van der Waals surface area contributed by atoms with Gasteiger partial charge in [-0.2, -0.15) is 5.26 Å². The molecular weight excluding hydrogens is 292 g/mol. The summed E-state index contributed by atoms with van der Waals surface area (Å²) >= 11 is 0. The van der Waals surface area contributed by atoms with E-state index in [1.807, 2.05) is 6.07 Å². The Morgan fingerprint density at radius 1 is 1.43 bits per heavy atom. The van der Waals surface area contributed by atoms with Crippen LogP contribution in [0.15, 0.2) is 29.4 Å². The Bertz CT molecular complexity index is 818. The van der Waals surface area contributed by atoms with Gasteiger partial charge in [0.1, 0.15) is 6.54 Å². The van der Waals surface area contributed by atoms with Gasteiger partial charge in [0.15, 0.2) is 0 Å². The number of hydrogen-bond donors (Lipinski definition) is 1. The van der Waals surface area contributed by atoms with Crippen molar-refractivity contribution in [2.75, 3.05) is 12.8 Å². The van der Waals surface area contributed by atoms with E-state index in [0.717, 1.165) is 6.26 Å². The summed E-state index contributed by atoms with van der Waals surface area (Å²) in [5, 5.41) is 10.9. The molecule has 1 aromatic heterocycles. The number of fused-ring (bicyclic) bond motifs is 1. The summed E-state index contributed by atoms with van der Waals surface area (Å²) in [6, 6.07) is 8.81. The summed E-state index contributed by atoms with van der Waals surface area (Å²) in [6.07, 6.45) is 1.26. The highest BCUT2D eigenvalue weighted by molar-refractivity contribution is 7.90. The number of imidazole rings is 1. The molecule has 0 aliphatic carbocycles. The maximum Gasteiger partial charge on any atom is 0.240 e. The van der Waals surface area contributed by atoms with Gasteiger partial charge in [0.2, 0.25) is 20.9 Å². The predicted octanol–water partition coefficient (Wildman–Crippen LogP) is 0.470. The van der Waals surface area contributed by atoms with Crippen LogP contribution < -0.4 is 5.32 Å². The third kappa shape index (κ3) is 3.38. The molecule has 0 atom stereocenters. The molecule has 0 fully saturated rings. The number of hydrogen-bond acceptors (Lipinski definition) is 5. The van der Waals surface area contributed by atoms with Crippen LogP contribution in [-0.2, 0) is 21.2 Å². The first kappa shape index (κ1) is 15.0. The highest BCUT2D eigenvalue weighted by Crippen LogP contribution is 2.19. The highest BCUT2D eigenvalue weighted by atomic mass is 32.2. The lowest BCUT2D eigenvalue weighted by atomic mass is 10.3. The van der Waals surface area contributed by atoms with Gasteiger partial charge in [-0.25, -0.2) is 13.4 Å². The van der Waals surface area contributed by atoms with Crippen LogP contribution in [0.2, 0.25) is 0 Å². The van der Waals surface area contributed by atoms with Crippen molar-refractivity contribution in [1.82, 2.24) is 14.9 Å². The fraction of sp³-hybridized carbons (Fsp3) is 0.308. The first-order valence-electron chi connectivity index (χ1n) is 6.22. The minimum absolute atomic E-state index is 0.140. The molecule has 1 amide bonds. The second-order valence-corrected chi connectivity index (χ2v) is 6.41. The molecule has 0 radical (unpaired) electrons. The number of carbonyl (C=O) groups excluding carboxylic acids is 1. The number of nitrogens with one attached hydrogen (secondary N) is 1. The largest absolute Gasteiger partial charge is 0.354 e. The predicted molar refractivity (Wildman–Crippen MR) is 76.1 cm³/mol. The Morgan fingerprint density at radius 3 is 2.81 bits per heavy atom. The molecule has 8 heteroatoms. The van der Waals surface area contributed by atoms with E-state index in [9.17, 15) is 13.2 Å². The summed E-state index contributed by atoms with van der Waals surface area (Å²) in [5.74, 6) is -0.363. The van der Waals surface area contributed by atoms with Crippen LogP contribution in [-0.4, -0.2) is 36.7 Å². The molecule has 0 saturated carbocycles. The Balaban J connectivity index is 2.37. The molecule has 7 nitrogen and oxygen atoms in total. The van der Waals surface area contributed by atoms with Crippen molar-refractivity contribution in [3.05, 3.63) is 24.3 Å². The number of sulfone groups is 1. The molecule has 2 rings (SSSR count). The summed E-state index contributed by atoms with van der Waals surface area (Å²) in [5.41, 5.74) is 1.09. The van der Waals surface area contributed by atoms with E-state index < -0.39 is 9.84 Å². The van der Waals surface area contributed by atoms with E-state index in [1.54, 1.807) is 24.3 Å². The molecule has 1 heterocycles. The fourth-order valence-corrected chi connectivity index (χ4v) is 2.77. The molecule has 110 valence electrons. The standard InChI is InChI=1S/C13H14N4O3S/c1-21(19,20)13-16-10-5-2-3-6-11(10)17(13)9-12(18)15-8-4-7-14/h2-3,5-6H,4,8-9H2,1H3,(H,15,18). The Morgan fingerprint density at radius 2 is 2.14 bits per heavy atom. The van der Waals surface area contributed by atoms with Gasteiger partial charge >= 0.3 is 0 Å². The van der Waals surface area contributed by atoms with E-state index in [4.69, 9.17) is 5.26 Å². The molecule has 1 aromatic carbocycles. The van der Waals surface area contributed by atoms with Crippen molar-refractivity contribution in [1.29, 1.82) is 5.26 Å². The van der Waals surface area contributed by atoms with Crippen molar-refractivity contribution in [3.63, 3.8) is 0 Å². The molecule has 0 aliphatic heterocycles. The van der Waals surface area contributed by atoms with Crippen LogP contribution >= 0.6 is 0 Å². The number of nitrogens with zero attached hydrogens (tertiary/aromatic N) is 3. The first-order valence-corrected chi connectivity index (χ1v) is 8.11. The average Bonchev–Trinajstić information content (AvgIpc) is 2.78. The molecule has 21 heavy (non-hydrogen) atoms. The molecule has 2 aromatic rings. The van der Waals surface area contributed by atoms with Crippen molar-refractivity contribution >= 4 is 26.8 Å². The van der Waals surface area contributed by atoms with Crippen molar-refractivity contribution in [3.8, 4) is 6.07 Å². The highest BCUT2D eigenvalue weighted by Gasteiger charge is 2.20. The lowest BCUT2D eigenvalue weighted by Gasteiger charge is -2.08. The number of aromatic nitrogens is 2. The fourth-order valence-electron chi connectivity index (χ4n) is 1.95. The second kappa shape index (κ2) is 5.93. The van der Waals surface area contributed by atoms with Crippen LogP contribution in [0.1, 0.15) is 6.42 Å². The van der Waals surface area contributed by atoms with Crippen LogP contribution in [0.4, 0.5) is 0 Å². The monoisotopic (exact) mass is 306 g/mol. The summed E-state index contributed by atoms with van der Waals surface area (Å²) in [4.78, 5) is 15.9. The topological polar surface area (TPSA) is 105 Å². The maximum absolute atomic E-state index is 11.8. The van der Waals surface area contributed by atoms with Crippen LogP contribution in [0.5, 0.6) is 0 Å². The number of rotatable bonds is 5. The van der Waals surface area contributed by atoms with Gasteiger partial charge in [0.05, 0.1) is 23.5 Å². The van der Waals surface area contributed by atoms with Gasteiger partial charge in [-0.05, 0) is 12.1 Å². The van der Waals surface area contributed by atoms with Crippen LogP contribution in [0, 0.1) is 11.3 Å².